The minimum atomic E-state index is -0.985. The van der Waals surface area contributed by atoms with Crippen molar-refractivity contribution in [1.29, 1.82) is 5.26 Å². The fourth-order valence-electron chi connectivity index (χ4n) is 1.39. The Morgan fingerprint density at radius 2 is 2.33 bits per heavy atom. The van der Waals surface area contributed by atoms with Crippen molar-refractivity contribution in [2.75, 3.05) is 0 Å². The number of hydrogen-bond acceptors (Lipinski definition) is 2. The van der Waals surface area contributed by atoms with E-state index in [4.69, 9.17) is 22.0 Å². The highest BCUT2D eigenvalue weighted by Crippen LogP contribution is 2.25. The van der Waals surface area contributed by atoms with E-state index in [1.165, 1.54) is 0 Å². The van der Waals surface area contributed by atoms with Gasteiger partial charge in [0.05, 0.1) is 18.4 Å². The number of benzene rings is 1. The number of halogens is 1. The Morgan fingerprint density at radius 1 is 1.67 bits per heavy atom. The number of aryl methyl sites for hydroxylation is 1. The van der Waals surface area contributed by atoms with Gasteiger partial charge in [-0.1, -0.05) is 17.7 Å². The third-order valence-corrected chi connectivity index (χ3v) is 2.39. The van der Waals surface area contributed by atoms with Gasteiger partial charge in [-0.2, -0.15) is 5.26 Å². The molecular formula is C11H10ClNO2. The maximum atomic E-state index is 10.6. The van der Waals surface area contributed by atoms with Gasteiger partial charge in [0.25, 0.3) is 0 Å². The van der Waals surface area contributed by atoms with Gasteiger partial charge in [0, 0.05) is 5.02 Å². The third kappa shape index (κ3) is 2.97. The Kier molecular flexibility index (Phi) is 3.70. The summed E-state index contributed by atoms with van der Waals surface area (Å²) < 4.78 is 0. The van der Waals surface area contributed by atoms with Crippen LogP contribution < -0.4 is 0 Å². The molecule has 1 aromatic rings. The summed E-state index contributed by atoms with van der Waals surface area (Å²) in [5, 5.41) is 18.1. The molecule has 1 N–H and O–H groups in total. The molecule has 0 amide bonds. The average Bonchev–Trinajstić information content (AvgIpc) is 2.18. The van der Waals surface area contributed by atoms with Crippen molar-refractivity contribution < 1.29 is 9.90 Å². The molecule has 15 heavy (non-hydrogen) atoms. The van der Waals surface area contributed by atoms with Gasteiger partial charge in [-0.3, -0.25) is 4.79 Å². The lowest BCUT2D eigenvalue weighted by Gasteiger charge is -2.10. The number of aliphatic carboxylic acids is 1. The van der Waals surface area contributed by atoms with Crippen molar-refractivity contribution in [3.63, 3.8) is 0 Å². The molecule has 1 rings (SSSR count). The van der Waals surface area contributed by atoms with Crippen molar-refractivity contribution in [3.05, 3.63) is 34.3 Å². The zero-order valence-electron chi connectivity index (χ0n) is 8.20. The summed E-state index contributed by atoms with van der Waals surface area (Å²) in [6, 6.07) is 7.12. The van der Waals surface area contributed by atoms with Crippen molar-refractivity contribution in [1.82, 2.24) is 0 Å². The van der Waals surface area contributed by atoms with Crippen LogP contribution in [0.3, 0.4) is 0 Å². The minimum absolute atomic E-state index is 0.197. The Bertz CT molecular complexity index is 423. The Labute approximate surface area is 92.9 Å². The van der Waals surface area contributed by atoms with E-state index in [0.29, 0.717) is 10.6 Å². The third-order valence-electron chi connectivity index (χ3n) is 2.15. The van der Waals surface area contributed by atoms with Crippen LogP contribution in [0.4, 0.5) is 0 Å². The van der Waals surface area contributed by atoms with E-state index < -0.39 is 11.9 Å². The zero-order chi connectivity index (χ0) is 11.4. The van der Waals surface area contributed by atoms with Gasteiger partial charge in [0.15, 0.2) is 0 Å². The first-order chi connectivity index (χ1) is 7.04. The summed E-state index contributed by atoms with van der Waals surface area (Å²) in [7, 11) is 0. The molecule has 0 aromatic heterocycles. The van der Waals surface area contributed by atoms with E-state index in [9.17, 15) is 4.79 Å². The van der Waals surface area contributed by atoms with Crippen LogP contribution >= 0.6 is 11.6 Å². The number of rotatable bonds is 3. The molecule has 0 aliphatic heterocycles. The summed E-state index contributed by atoms with van der Waals surface area (Å²) in [6.45, 7) is 1.83. The van der Waals surface area contributed by atoms with E-state index in [0.717, 1.165) is 5.56 Å². The standard InChI is InChI=1S/C11H10ClNO2/c1-7-2-3-9(12)5-10(7)8(6-13)4-11(14)15/h2-3,5,8H,4H2,1H3,(H,14,15). The van der Waals surface area contributed by atoms with Gasteiger partial charge >= 0.3 is 5.97 Å². The van der Waals surface area contributed by atoms with Gasteiger partial charge in [0.2, 0.25) is 0 Å². The molecule has 0 aliphatic rings. The molecule has 1 aromatic carbocycles. The number of carboxylic acid groups (broad SMARTS) is 1. The Morgan fingerprint density at radius 3 is 2.87 bits per heavy atom. The van der Waals surface area contributed by atoms with E-state index in [1.54, 1.807) is 18.2 Å². The largest absolute Gasteiger partial charge is 0.481 e. The van der Waals surface area contributed by atoms with Crippen molar-refractivity contribution >= 4 is 17.6 Å². The number of nitriles is 1. The van der Waals surface area contributed by atoms with Crippen LogP contribution in [0.5, 0.6) is 0 Å². The maximum Gasteiger partial charge on any atom is 0.305 e. The lowest BCUT2D eigenvalue weighted by atomic mass is 9.93. The van der Waals surface area contributed by atoms with Gasteiger partial charge < -0.3 is 5.11 Å². The van der Waals surface area contributed by atoms with Gasteiger partial charge in [-0.05, 0) is 30.2 Å². The summed E-state index contributed by atoms with van der Waals surface area (Å²) >= 11 is 5.80. The van der Waals surface area contributed by atoms with Crippen molar-refractivity contribution in [2.45, 2.75) is 19.3 Å². The number of hydrogen-bond donors (Lipinski definition) is 1. The van der Waals surface area contributed by atoms with Crippen LogP contribution in [-0.2, 0) is 4.79 Å². The van der Waals surface area contributed by atoms with Crippen LogP contribution in [0.25, 0.3) is 0 Å². The van der Waals surface area contributed by atoms with E-state index in [1.807, 2.05) is 13.0 Å². The lowest BCUT2D eigenvalue weighted by molar-refractivity contribution is -0.137. The summed E-state index contributed by atoms with van der Waals surface area (Å²) in [4.78, 5) is 10.6. The van der Waals surface area contributed by atoms with Crippen molar-refractivity contribution in [3.8, 4) is 6.07 Å². The first kappa shape index (κ1) is 11.5. The minimum Gasteiger partial charge on any atom is -0.481 e. The predicted octanol–water partition coefficient (Wildman–Crippen LogP) is 2.73. The maximum absolute atomic E-state index is 10.6. The van der Waals surface area contributed by atoms with E-state index >= 15 is 0 Å². The van der Waals surface area contributed by atoms with Gasteiger partial charge in [-0.25, -0.2) is 0 Å². The number of carbonyl (C=O) groups is 1. The Hall–Kier alpha value is -1.53. The molecule has 1 unspecified atom stereocenters. The topological polar surface area (TPSA) is 61.1 Å². The molecule has 0 radical (unpaired) electrons. The van der Waals surface area contributed by atoms with Crippen molar-refractivity contribution in [2.24, 2.45) is 0 Å². The molecule has 0 aliphatic carbocycles. The van der Waals surface area contributed by atoms with Crippen LogP contribution in [-0.4, -0.2) is 11.1 Å². The van der Waals surface area contributed by atoms with Crippen LogP contribution in [0.1, 0.15) is 23.5 Å². The highest BCUT2D eigenvalue weighted by Gasteiger charge is 2.16. The molecule has 1 atom stereocenters. The second-order valence-corrected chi connectivity index (χ2v) is 3.72. The molecule has 0 bridgehead atoms. The first-order valence-corrected chi connectivity index (χ1v) is 4.80. The molecule has 78 valence electrons. The highest BCUT2D eigenvalue weighted by atomic mass is 35.5. The summed E-state index contributed by atoms with van der Waals surface area (Å²) in [5.74, 6) is -1.62. The molecule has 4 heteroatoms. The van der Waals surface area contributed by atoms with E-state index in [-0.39, 0.29) is 6.42 Å². The lowest BCUT2D eigenvalue weighted by Crippen LogP contribution is -2.05. The van der Waals surface area contributed by atoms with Crippen LogP contribution in [0.2, 0.25) is 5.02 Å². The quantitative estimate of drug-likeness (QED) is 0.857. The fraction of sp³-hybridized carbons (Fsp3) is 0.273. The summed E-state index contributed by atoms with van der Waals surface area (Å²) in [6.07, 6.45) is -0.197. The predicted molar refractivity (Wildman–Crippen MR) is 56.8 cm³/mol. The highest BCUT2D eigenvalue weighted by molar-refractivity contribution is 6.30. The van der Waals surface area contributed by atoms with Gasteiger partial charge in [0.1, 0.15) is 0 Å². The van der Waals surface area contributed by atoms with Crippen LogP contribution in [0.15, 0.2) is 18.2 Å². The zero-order valence-corrected chi connectivity index (χ0v) is 8.95. The molecule has 0 heterocycles. The normalized spacial score (nSPS) is 11.8. The molecule has 0 spiro atoms. The number of nitrogens with zero attached hydrogens (tertiary/aromatic N) is 1. The number of carboxylic acids is 1. The second-order valence-electron chi connectivity index (χ2n) is 3.28. The smallest absolute Gasteiger partial charge is 0.305 e. The van der Waals surface area contributed by atoms with E-state index in [2.05, 4.69) is 0 Å². The summed E-state index contributed by atoms with van der Waals surface area (Å²) in [5.41, 5.74) is 1.57. The van der Waals surface area contributed by atoms with Crippen LogP contribution in [0, 0.1) is 18.3 Å². The molecular weight excluding hydrogens is 214 g/mol. The average molecular weight is 224 g/mol. The fourth-order valence-corrected chi connectivity index (χ4v) is 1.57. The first-order valence-electron chi connectivity index (χ1n) is 4.42. The molecule has 0 saturated carbocycles. The Balaban J connectivity index is 3.07. The monoisotopic (exact) mass is 223 g/mol. The molecule has 3 nitrogen and oxygen atoms in total. The molecule has 0 fully saturated rings. The molecule has 0 saturated heterocycles. The second kappa shape index (κ2) is 4.81. The SMILES string of the molecule is Cc1ccc(Cl)cc1C(C#N)CC(=O)O. The van der Waals surface area contributed by atoms with Gasteiger partial charge in [-0.15, -0.1) is 0 Å².